The first-order valence-electron chi connectivity index (χ1n) is 5.41. The van der Waals surface area contributed by atoms with Crippen LogP contribution in [0.2, 0.25) is 0 Å². The Labute approximate surface area is 94.8 Å². The summed E-state index contributed by atoms with van der Waals surface area (Å²) in [5.41, 5.74) is 2.11. The minimum atomic E-state index is 0.564. The van der Waals surface area contributed by atoms with Crippen molar-refractivity contribution in [2.75, 3.05) is 6.61 Å². The fourth-order valence-corrected chi connectivity index (χ4v) is 1.85. The second kappa shape index (κ2) is 4.00. The van der Waals surface area contributed by atoms with Gasteiger partial charge in [-0.05, 0) is 32.0 Å². The molecule has 16 heavy (non-hydrogen) atoms. The smallest absolute Gasteiger partial charge is 0.121 e. The van der Waals surface area contributed by atoms with Gasteiger partial charge in [-0.2, -0.15) is 0 Å². The monoisotopic (exact) mass is 216 g/mol. The highest BCUT2D eigenvalue weighted by Gasteiger charge is 2.03. The third-order valence-corrected chi connectivity index (χ3v) is 2.81. The number of nitrogens with one attached hydrogen (secondary N) is 1. The second-order valence-corrected chi connectivity index (χ2v) is 3.87. The van der Waals surface area contributed by atoms with E-state index in [1.54, 1.807) is 0 Å². The molecule has 0 aliphatic heterocycles. The Hall–Kier alpha value is -1.77. The van der Waals surface area contributed by atoms with Crippen molar-refractivity contribution in [3.8, 4) is 5.75 Å². The van der Waals surface area contributed by atoms with Gasteiger partial charge in [0, 0.05) is 24.2 Å². The SMILES string of the molecule is CCOc1ccc2c(=N)cc(C)n(C)c2c1. The van der Waals surface area contributed by atoms with E-state index < -0.39 is 0 Å². The summed E-state index contributed by atoms with van der Waals surface area (Å²) >= 11 is 0. The van der Waals surface area contributed by atoms with Crippen molar-refractivity contribution in [1.29, 1.82) is 5.41 Å². The molecule has 1 N–H and O–H groups in total. The highest BCUT2D eigenvalue weighted by atomic mass is 16.5. The van der Waals surface area contributed by atoms with Crippen LogP contribution in [0.5, 0.6) is 5.75 Å². The second-order valence-electron chi connectivity index (χ2n) is 3.87. The van der Waals surface area contributed by atoms with Gasteiger partial charge in [-0.15, -0.1) is 0 Å². The fraction of sp³-hybridized carbons (Fsp3) is 0.308. The first-order valence-corrected chi connectivity index (χ1v) is 5.41. The summed E-state index contributed by atoms with van der Waals surface area (Å²) < 4.78 is 7.55. The number of rotatable bonds is 2. The third-order valence-electron chi connectivity index (χ3n) is 2.81. The Morgan fingerprint density at radius 3 is 2.75 bits per heavy atom. The van der Waals surface area contributed by atoms with Crippen LogP contribution in [-0.2, 0) is 7.05 Å². The van der Waals surface area contributed by atoms with E-state index in [4.69, 9.17) is 10.1 Å². The van der Waals surface area contributed by atoms with Crippen LogP contribution >= 0.6 is 0 Å². The lowest BCUT2D eigenvalue weighted by molar-refractivity contribution is 0.340. The molecule has 0 unspecified atom stereocenters. The molecule has 0 radical (unpaired) electrons. The first kappa shape index (κ1) is 10.7. The molecule has 3 heteroatoms. The van der Waals surface area contributed by atoms with Crippen LogP contribution < -0.4 is 10.1 Å². The van der Waals surface area contributed by atoms with E-state index in [-0.39, 0.29) is 0 Å². The lowest BCUT2D eigenvalue weighted by Gasteiger charge is -2.11. The molecule has 0 aliphatic carbocycles. The summed E-state index contributed by atoms with van der Waals surface area (Å²) in [7, 11) is 2.01. The van der Waals surface area contributed by atoms with Gasteiger partial charge in [0.15, 0.2) is 0 Å². The highest BCUT2D eigenvalue weighted by molar-refractivity contribution is 5.80. The molecular weight excluding hydrogens is 200 g/mol. The van der Waals surface area contributed by atoms with E-state index >= 15 is 0 Å². The van der Waals surface area contributed by atoms with Gasteiger partial charge in [0.25, 0.3) is 0 Å². The predicted octanol–water partition coefficient (Wildman–Crippen LogP) is 2.36. The molecule has 0 bridgehead atoms. The lowest BCUT2D eigenvalue weighted by Crippen LogP contribution is -2.09. The third kappa shape index (κ3) is 1.69. The minimum absolute atomic E-state index is 0.564. The molecule has 2 aromatic rings. The fourth-order valence-electron chi connectivity index (χ4n) is 1.85. The van der Waals surface area contributed by atoms with Crippen LogP contribution in [0, 0.1) is 12.3 Å². The highest BCUT2D eigenvalue weighted by Crippen LogP contribution is 2.19. The number of hydrogen-bond donors (Lipinski definition) is 1. The maximum Gasteiger partial charge on any atom is 0.121 e. The molecule has 1 heterocycles. The van der Waals surface area contributed by atoms with E-state index in [0.717, 1.165) is 22.3 Å². The Bertz CT molecular complexity index is 584. The van der Waals surface area contributed by atoms with Crippen molar-refractivity contribution in [3.63, 3.8) is 0 Å². The van der Waals surface area contributed by atoms with E-state index in [1.165, 1.54) is 0 Å². The van der Waals surface area contributed by atoms with Crippen LogP contribution in [0.25, 0.3) is 10.9 Å². The normalized spacial score (nSPS) is 10.7. The Balaban J connectivity index is 2.76. The molecule has 0 amide bonds. The number of benzene rings is 1. The van der Waals surface area contributed by atoms with E-state index in [0.29, 0.717) is 12.0 Å². The van der Waals surface area contributed by atoms with Crippen LogP contribution in [0.15, 0.2) is 24.3 Å². The zero-order valence-electron chi connectivity index (χ0n) is 9.87. The van der Waals surface area contributed by atoms with E-state index in [2.05, 4.69) is 4.57 Å². The molecule has 1 aromatic heterocycles. The zero-order valence-corrected chi connectivity index (χ0v) is 9.87. The Morgan fingerprint density at radius 1 is 1.31 bits per heavy atom. The molecule has 1 aromatic carbocycles. The summed E-state index contributed by atoms with van der Waals surface area (Å²) in [5, 5.41) is 9.44. The molecule has 0 aliphatic rings. The maximum absolute atomic E-state index is 7.92. The maximum atomic E-state index is 7.92. The van der Waals surface area contributed by atoms with Crippen LogP contribution in [-0.4, -0.2) is 11.2 Å². The van der Waals surface area contributed by atoms with Crippen LogP contribution in [0.3, 0.4) is 0 Å². The van der Waals surface area contributed by atoms with Crippen molar-refractivity contribution in [2.24, 2.45) is 7.05 Å². The summed E-state index contributed by atoms with van der Waals surface area (Å²) in [5.74, 6) is 0.857. The van der Waals surface area contributed by atoms with Gasteiger partial charge in [0.1, 0.15) is 5.75 Å². The number of nitrogens with zero attached hydrogens (tertiary/aromatic N) is 1. The summed E-state index contributed by atoms with van der Waals surface area (Å²) in [6.45, 7) is 4.63. The molecule has 3 nitrogen and oxygen atoms in total. The number of aryl methyl sites for hydroxylation is 2. The molecule has 2 rings (SSSR count). The topological polar surface area (TPSA) is 38.0 Å². The number of aromatic nitrogens is 1. The molecule has 84 valence electrons. The van der Waals surface area contributed by atoms with Gasteiger partial charge >= 0.3 is 0 Å². The number of fused-ring (bicyclic) bond motifs is 1. The van der Waals surface area contributed by atoms with Gasteiger partial charge in [-0.25, -0.2) is 0 Å². The average Bonchev–Trinajstić information content (AvgIpc) is 2.26. The van der Waals surface area contributed by atoms with Crippen molar-refractivity contribution in [1.82, 2.24) is 4.57 Å². The molecule has 0 saturated heterocycles. The van der Waals surface area contributed by atoms with Crippen molar-refractivity contribution >= 4 is 10.9 Å². The quantitative estimate of drug-likeness (QED) is 0.822. The molecule has 0 spiro atoms. The van der Waals surface area contributed by atoms with Crippen molar-refractivity contribution in [3.05, 3.63) is 35.3 Å². The standard InChI is InChI=1S/C13H16N2O/c1-4-16-10-5-6-11-12(14)7-9(2)15(3)13(11)8-10/h5-8,14H,4H2,1-3H3. The number of hydrogen-bond acceptors (Lipinski definition) is 2. The summed E-state index contributed by atoms with van der Waals surface area (Å²) in [4.78, 5) is 0. The van der Waals surface area contributed by atoms with E-state index in [9.17, 15) is 0 Å². The first-order chi connectivity index (χ1) is 7.63. The average molecular weight is 216 g/mol. The van der Waals surface area contributed by atoms with Crippen LogP contribution in [0.1, 0.15) is 12.6 Å². The Kier molecular flexibility index (Phi) is 2.69. The molecule has 0 fully saturated rings. The van der Waals surface area contributed by atoms with Gasteiger partial charge in [-0.3, -0.25) is 0 Å². The van der Waals surface area contributed by atoms with E-state index in [1.807, 2.05) is 45.2 Å². The van der Waals surface area contributed by atoms with Crippen molar-refractivity contribution < 1.29 is 4.74 Å². The van der Waals surface area contributed by atoms with Gasteiger partial charge in [-0.1, -0.05) is 0 Å². The van der Waals surface area contributed by atoms with Gasteiger partial charge in [0.05, 0.1) is 17.5 Å². The predicted molar refractivity (Wildman–Crippen MR) is 64.7 cm³/mol. The summed E-state index contributed by atoms with van der Waals surface area (Å²) in [6.07, 6.45) is 0. The Morgan fingerprint density at radius 2 is 2.06 bits per heavy atom. The van der Waals surface area contributed by atoms with Gasteiger partial charge in [0.2, 0.25) is 0 Å². The van der Waals surface area contributed by atoms with Crippen LogP contribution in [0.4, 0.5) is 0 Å². The van der Waals surface area contributed by atoms with Gasteiger partial charge < -0.3 is 14.7 Å². The molecule has 0 atom stereocenters. The zero-order chi connectivity index (χ0) is 11.7. The summed E-state index contributed by atoms with van der Waals surface area (Å²) in [6, 6.07) is 7.73. The largest absolute Gasteiger partial charge is 0.494 e. The molecule has 0 saturated carbocycles. The number of pyridine rings is 1. The lowest BCUT2D eigenvalue weighted by atomic mass is 10.1. The number of ether oxygens (including phenoxy) is 1. The van der Waals surface area contributed by atoms with Crippen molar-refractivity contribution in [2.45, 2.75) is 13.8 Å². The molecular formula is C13H16N2O. The minimum Gasteiger partial charge on any atom is -0.494 e.